The lowest BCUT2D eigenvalue weighted by Gasteiger charge is -2.22. The molecule has 0 spiro atoms. The number of nitrogens with one attached hydrogen (secondary N) is 1. The number of aromatic amines is 1. The van der Waals surface area contributed by atoms with Gasteiger partial charge in [0.25, 0.3) is 0 Å². The summed E-state index contributed by atoms with van der Waals surface area (Å²) in [6.45, 7) is 9.40. The first-order valence-electron chi connectivity index (χ1n) is 6.46. The van der Waals surface area contributed by atoms with Crippen LogP contribution in [0.15, 0.2) is 24.5 Å². The summed E-state index contributed by atoms with van der Waals surface area (Å²) in [5, 5.41) is 0. The zero-order chi connectivity index (χ0) is 13.3. The van der Waals surface area contributed by atoms with Crippen LogP contribution < -0.4 is 5.73 Å². The van der Waals surface area contributed by atoms with Crippen molar-refractivity contribution in [2.45, 2.75) is 33.6 Å². The van der Waals surface area contributed by atoms with Crippen LogP contribution in [0.4, 0.5) is 0 Å². The summed E-state index contributed by atoms with van der Waals surface area (Å²) < 4.78 is 0. The Morgan fingerprint density at radius 3 is 2.17 bits per heavy atom. The molecule has 2 nitrogen and oxygen atoms in total. The van der Waals surface area contributed by atoms with Crippen LogP contribution in [0.2, 0.25) is 0 Å². The van der Waals surface area contributed by atoms with Crippen molar-refractivity contribution in [3.05, 3.63) is 57.9 Å². The smallest absolute Gasteiger partial charge is 0.0232 e. The van der Waals surface area contributed by atoms with Crippen LogP contribution in [-0.4, -0.2) is 11.5 Å². The minimum Gasteiger partial charge on any atom is -0.367 e. The molecule has 1 unspecified atom stereocenters. The van der Waals surface area contributed by atoms with Crippen molar-refractivity contribution in [1.82, 2.24) is 4.98 Å². The number of nitrogens with two attached hydrogens (primary N) is 1. The molecule has 96 valence electrons. The highest BCUT2D eigenvalue weighted by atomic mass is 14.6. The normalized spacial score (nSPS) is 12.7. The molecule has 0 aliphatic heterocycles. The van der Waals surface area contributed by atoms with E-state index in [1.807, 2.05) is 12.4 Å². The lowest BCUT2D eigenvalue weighted by atomic mass is 9.83. The molecule has 0 amide bonds. The predicted octanol–water partition coefficient (Wildman–Crippen LogP) is 3.34. The van der Waals surface area contributed by atoms with Gasteiger partial charge in [-0.2, -0.15) is 0 Å². The molecule has 1 aromatic heterocycles. The number of aryl methyl sites for hydroxylation is 2. The lowest BCUT2D eigenvalue weighted by molar-refractivity contribution is 0.802. The van der Waals surface area contributed by atoms with Crippen LogP contribution >= 0.6 is 0 Å². The first-order valence-corrected chi connectivity index (χ1v) is 6.46. The van der Waals surface area contributed by atoms with Gasteiger partial charge in [0.15, 0.2) is 0 Å². The first-order chi connectivity index (χ1) is 8.56. The van der Waals surface area contributed by atoms with Gasteiger partial charge >= 0.3 is 0 Å². The van der Waals surface area contributed by atoms with Gasteiger partial charge in [0, 0.05) is 24.9 Å². The van der Waals surface area contributed by atoms with Crippen molar-refractivity contribution in [3.8, 4) is 0 Å². The van der Waals surface area contributed by atoms with E-state index in [9.17, 15) is 0 Å². The summed E-state index contributed by atoms with van der Waals surface area (Å²) in [6, 6.07) is 4.38. The third-order valence-corrected chi connectivity index (χ3v) is 4.03. The van der Waals surface area contributed by atoms with Gasteiger partial charge in [-0.25, -0.2) is 0 Å². The maximum Gasteiger partial charge on any atom is 0.0232 e. The lowest BCUT2D eigenvalue weighted by Crippen LogP contribution is -2.16. The molecule has 2 rings (SSSR count). The van der Waals surface area contributed by atoms with Crippen molar-refractivity contribution in [2.75, 3.05) is 6.54 Å². The Morgan fingerprint density at radius 1 is 1.11 bits per heavy atom. The van der Waals surface area contributed by atoms with Crippen LogP contribution in [-0.2, 0) is 0 Å². The van der Waals surface area contributed by atoms with Crippen molar-refractivity contribution in [1.29, 1.82) is 0 Å². The minimum atomic E-state index is 0.287. The van der Waals surface area contributed by atoms with Crippen LogP contribution in [0.3, 0.4) is 0 Å². The van der Waals surface area contributed by atoms with E-state index in [2.05, 4.69) is 44.8 Å². The molecular weight excluding hydrogens is 220 g/mol. The van der Waals surface area contributed by atoms with Gasteiger partial charge in [-0.05, 0) is 67.1 Å². The van der Waals surface area contributed by atoms with Gasteiger partial charge in [0.05, 0.1) is 0 Å². The second-order valence-electron chi connectivity index (χ2n) is 5.11. The van der Waals surface area contributed by atoms with Gasteiger partial charge in [0.1, 0.15) is 0 Å². The van der Waals surface area contributed by atoms with Crippen LogP contribution in [0.5, 0.6) is 0 Å². The molecule has 2 heteroatoms. The molecule has 18 heavy (non-hydrogen) atoms. The number of hydrogen-bond acceptors (Lipinski definition) is 1. The van der Waals surface area contributed by atoms with Crippen molar-refractivity contribution in [2.24, 2.45) is 5.73 Å². The highest BCUT2D eigenvalue weighted by molar-refractivity contribution is 5.49. The number of benzene rings is 1. The Morgan fingerprint density at radius 2 is 1.72 bits per heavy atom. The van der Waals surface area contributed by atoms with Crippen LogP contribution in [0.1, 0.15) is 39.3 Å². The fraction of sp³-hybridized carbons (Fsp3) is 0.375. The Balaban J connectivity index is 2.62. The quantitative estimate of drug-likeness (QED) is 0.851. The summed E-state index contributed by atoms with van der Waals surface area (Å²) in [7, 11) is 0. The molecule has 0 fully saturated rings. The highest BCUT2D eigenvalue weighted by Crippen LogP contribution is 2.32. The largest absolute Gasteiger partial charge is 0.367 e. The topological polar surface area (TPSA) is 41.8 Å². The molecule has 1 atom stereocenters. The zero-order valence-electron chi connectivity index (χ0n) is 11.7. The zero-order valence-corrected chi connectivity index (χ0v) is 11.7. The van der Waals surface area contributed by atoms with E-state index >= 15 is 0 Å². The Labute approximate surface area is 109 Å². The van der Waals surface area contributed by atoms with Gasteiger partial charge in [-0.15, -0.1) is 0 Å². The van der Waals surface area contributed by atoms with E-state index in [-0.39, 0.29) is 5.92 Å². The van der Waals surface area contributed by atoms with E-state index in [0.717, 1.165) is 0 Å². The molecule has 0 saturated heterocycles. The molecule has 0 aliphatic carbocycles. The maximum atomic E-state index is 6.02. The third kappa shape index (κ3) is 2.08. The molecular formula is C16H22N2. The number of rotatable bonds is 3. The summed E-state index contributed by atoms with van der Waals surface area (Å²) in [5.74, 6) is 0.287. The first kappa shape index (κ1) is 12.9. The fourth-order valence-corrected chi connectivity index (χ4v) is 2.74. The Bertz CT molecular complexity index is 512. The molecule has 0 saturated carbocycles. The maximum absolute atomic E-state index is 6.02. The summed E-state index contributed by atoms with van der Waals surface area (Å²) in [5.41, 5.74) is 14.1. The summed E-state index contributed by atoms with van der Waals surface area (Å²) >= 11 is 0. The van der Waals surface area contributed by atoms with Gasteiger partial charge < -0.3 is 10.7 Å². The fourth-order valence-electron chi connectivity index (χ4n) is 2.74. The number of hydrogen-bond donors (Lipinski definition) is 2. The van der Waals surface area contributed by atoms with E-state index in [1.165, 1.54) is 33.4 Å². The Kier molecular flexibility index (Phi) is 3.58. The molecule has 0 aliphatic rings. The second-order valence-corrected chi connectivity index (χ2v) is 5.11. The van der Waals surface area contributed by atoms with E-state index in [4.69, 9.17) is 5.73 Å². The molecule has 0 bridgehead atoms. The monoisotopic (exact) mass is 242 g/mol. The number of aromatic nitrogens is 1. The van der Waals surface area contributed by atoms with Crippen LogP contribution in [0, 0.1) is 27.7 Å². The standard InChI is InChI=1S/C16H22N2/c1-10-7-11(2)13(4)16(12(10)3)15(8-17)14-5-6-18-9-14/h5-7,9,15,18H,8,17H2,1-4H3. The molecule has 3 N–H and O–H groups in total. The SMILES string of the molecule is Cc1cc(C)c(C)c(C(CN)c2cc[nH]c2)c1C. The molecule has 1 heterocycles. The minimum absolute atomic E-state index is 0.287. The van der Waals surface area contributed by atoms with Crippen molar-refractivity contribution >= 4 is 0 Å². The molecule has 1 aromatic carbocycles. The summed E-state index contributed by atoms with van der Waals surface area (Å²) in [6.07, 6.45) is 4.01. The molecule has 0 radical (unpaired) electrons. The van der Waals surface area contributed by atoms with Gasteiger partial charge in [-0.1, -0.05) is 6.07 Å². The molecule has 2 aromatic rings. The van der Waals surface area contributed by atoms with Crippen molar-refractivity contribution < 1.29 is 0 Å². The summed E-state index contributed by atoms with van der Waals surface area (Å²) in [4.78, 5) is 3.13. The average Bonchev–Trinajstić information content (AvgIpc) is 2.85. The predicted molar refractivity (Wildman–Crippen MR) is 77.1 cm³/mol. The third-order valence-electron chi connectivity index (χ3n) is 4.03. The van der Waals surface area contributed by atoms with Gasteiger partial charge in [0.2, 0.25) is 0 Å². The van der Waals surface area contributed by atoms with Crippen molar-refractivity contribution in [3.63, 3.8) is 0 Å². The highest BCUT2D eigenvalue weighted by Gasteiger charge is 2.19. The van der Waals surface area contributed by atoms with E-state index < -0.39 is 0 Å². The Hall–Kier alpha value is -1.54. The van der Waals surface area contributed by atoms with Gasteiger partial charge in [-0.3, -0.25) is 0 Å². The van der Waals surface area contributed by atoms with E-state index in [0.29, 0.717) is 6.54 Å². The second kappa shape index (κ2) is 4.99. The van der Waals surface area contributed by atoms with Crippen LogP contribution in [0.25, 0.3) is 0 Å². The average molecular weight is 242 g/mol. The van der Waals surface area contributed by atoms with E-state index in [1.54, 1.807) is 0 Å². The number of H-pyrrole nitrogens is 1.